The van der Waals surface area contributed by atoms with Crippen LogP contribution in [0.2, 0.25) is 5.02 Å². The summed E-state index contributed by atoms with van der Waals surface area (Å²) >= 11 is 6.65. The molecule has 198 valence electrons. The predicted molar refractivity (Wildman–Crippen MR) is 148 cm³/mol. The van der Waals surface area contributed by atoms with Crippen LogP contribution < -0.4 is 0 Å². The van der Waals surface area contributed by atoms with Crippen LogP contribution in [0.25, 0.3) is 22.4 Å². The number of aryl methyl sites for hydroxylation is 1. The molecule has 9 heteroatoms. The van der Waals surface area contributed by atoms with Gasteiger partial charge in [0.05, 0.1) is 21.5 Å². The van der Waals surface area contributed by atoms with Crippen LogP contribution in [-0.4, -0.2) is 42.7 Å². The van der Waals surface area contributed by atoms with Gasteiger partial charge in [0.15, 0.2) is 21.6 Å². The fraction of sp³-hybridized carbons (Fsp3) is 0.345. The van der Waals surface area contributed by atoms with E-state index in [-0.39, 0.29) is 16.9 Å². The summed E-state index contributed by atoms with van der Waals surface area (Å²) in [6, 6.07) is 16.5. The van der Waals surface area contributed by atoms with Gasteiger partial charge in [-0.3, -0.25) is 4.79 Å². The number of carbonyl (C=O) groups is 1. The van der Waals surface area contributed by atoms with Crippen LogP contribution in [0.4, 0.5) is 5.82 Å². The van der Waals surface area contributed by atoms with E-state index in [9.17, 15) is 18.3 Å². The summed E-state index contributed by atoms with van der Waals surface area (Å²) in [5.74, 6) is 0.250. The van der Waals surface area contributed by atoms with Crippen LogP contribution in [0.5, 0.6) is 0 Å². The fourth-order valence-corrected chi connectivity index (χ4v) is 5.94. The smallest absolute Gasteiger partial charge is 0.306 e. The van der Waals surface area contributed by atoms with E-state index < -0.39 is 15.8 Å². The summed E-state index contributed by atoms with van der Waals surface area (Å²) in [5, 5.41) is 9.80. The molecule has 0 bridgehead atoms. The first kappa shape index (κ1) is 26.4. The lowest BCUT2D eigenvalue weighted by Gasteiger charge is -2.27. The molecular weight excluding hydrogens is 524 g/mol. The predicted octanol–water partition coefficient (Wildman–Crippen LogP) is 6.50. The Hall–Kier alpha value is -3.23. The lowest BCUT2D eigenvalue weighted by atomic mass is 9.87. The Morgan fingerprint density at radius 2 is 1.55 bits per heavy atom. The number of aliphatic imine (C=N–C) groups is 1. The second-order valence-corrected chi connectivity index (χ2v) is 12.4. The van der Waals surface area contributed by atoms with Gasteiger partial charge in [0, 0.05) is 18.2 Å². The Labute approximate surface area is 227 Å². The first-order valence-electron chi connectivity index (χ1n) is 12.7. The molecule has 7 nitrogen and oxygen atoms in total. The Kier molecular flexibility index (Phi) is 7.54. The summed E-state index contributed by atoms with van der Waals surface area (Å²) in [6.07, 6.45) is 6.23. The first-order valence-corrected chi connectivity index (χ1v) is 15.0. The highest BCUT2D eigenvalue weighted by atomic mass is 35.5. The van der Waals surface area contributed by atoms with E-state index in [2.05, 4.69) is 0 Å². The molecule has 1 N–H and O–H groups in total. The van der Waals surface area contributed by atoms with Crippen molar-refractivity contribution in [1.29, 1.82) is 0 Å². The summed E-state index contributed by atoms with van der Waals surface area (Å²) in [6.45, 7) is 0. The maximum Gasteiger partial charge on any atom is 0.306 e. The maximum atomic E-state index is 11.7. The van der Waals surface area contributed by atoms with Crippen LogP contribution in [0.3, 0.4) is 0 Å². The van der Waals surface area contributed by atoms with Crippen molar-refractivity contribution in [1.82, 2.24) is 4.98 Å². The van der Waals surface area contributed by atoms with E-state index in [1.54, 1.807) is 24.3 Å². The third kappa shape index (κ3) is 5.92. The molecule has 0 spiro atoms. The number of aromatic nitrogens is 1. The number of hydrogen-bond donors (Lipinski definition) is 1. The van der Waals surface area contributed by atoms with Gasteiger partial charge in [0.25, 0.3) is 0 Å². The highest BCUT2D eigenvalue weighted by Crippen LogP contribution is 2.35. The molecule has 1 fully saturated rings. The van der Waals surface area contributed by atoms with Gasteiger partial charge in [0.2, 0.25) is 0 Å². The molecule has 1 aliphatic carbocycles. The highest BCUT2D eigenvalue weighted by molar-refractivity contribution is 7.90. The van der Waals surface area contributed by atoms with Crippen molar-refractivity contribution < 1.29 is 23.1 Å². The number of hydrogen-bond acceptors (Lipinski definition) is 6. The second-order valence-electron chi connectivity index (χ2n) is 9.96. The minimum Gasteiger partial charge on any atom is -0.481 e. The van der Waals surface area contributed by atoms with Crippen molar-refractivity contribution in [2.75, 3.05) is 6.26 Å². The average molecular weight is 553 g/mol. The molecule has 2 aliphatic rings. The zero-order valence-electron chi connectivity index (χ0n) is 21.1. The number of carboxylic acids is 1. The number of halogens is 1. The molecule has 0 saturated heterocycles. The minimum absolute atomic E-state index is 0.0169. The maximum absolute atomic E-state index is 11.7. The monoisotopic (exact) mass is 552 g/mol. The zero-order valence-corrected chi connectivity index (χ0v) is 22.6. The number of rotatable bonds is 5. The number of aliphatic carboxylic acids is 1. The number of carboxylic acid groups (broad SMARTS) is 1. The van der Waals surface area contributed by atoms with Gasteiger partial charge in [-0.25, -0.2) is 13.4 Å². The molecular formula is C29H29ClN2O5S. The number of sulfone groups is 1. The third-order valence-electron chi connectivity index (χ3n) is 7.20. The Morgan fingerprint density at radius 3 is 2.16 bits per heavy atom. The van der Waals surface area contributed by atoms with E-state index in [0.29, 0.717) is 54.5 Å². The minimum atomic E-state index is -3.24. The number of benzene rings is 2. The largest absolute Gasteiger partial charge is 0.481 e. The topological polar surface area (TPSA) is 106 Å². The highest BCUT2D eigenvalue weighted by Gasteiger charge is 2.28. The lowest BCUT2D eigenvalue weighted by Crippen LogP contribution is -2.27. The molecule has 0 unspecified atom stereocenters. The molecule has 38 heavy (non-hydrogen) atoms. The van der Waals surface area contributed by atoms with E-state index in [1.807, 2.05) is 30.3 Å². The van der Waals surface area contributed by atoms with Crippen molar-refractivity contribution in [2.45, 2.75) is 55.9 Å². The number of pyridine rings is 1. The van der Waals surface area contributed by atoms with Crippen molar-refractivity contribution in [3.8, 4) is 22.4 Å². The van der Waals surface area contributed by atoms with Gasteiger partial charge in [-0.1, -0.05) is 48.0 Å². The molecule has 3 aromatic rings. The van der Waals surface area contributed by atoms with Crippen LogP contribution in [0.1, 0.15) is 44.1 Å². The zero-order chi connectivity index (χ0) is 26.9. The van der Waals surface area contributed by atoms with Crippen LogP contribution in [0, 0.1) is 5.92 Å². The average Bonchev–Trinajstić information content (AvgIpc) is 3.09. The Bertz CT molecular complexity index is 1480. The third-order valence-corrected chi connectivity index (χ3v) is 8.62. The molecule has 2 aromatic carbocycles. The molecule has 0 atom stereocenters. The molecule has 5 rings (SSSR count). The SMILES string of the molecule is CS(=O)(=O)c1ccc(-c2ccc(-c3nc4c(cc3Cl)CCCC(OC3CCC(C(=O)O)CC3)=N4)cc2)cc1. The lowest BCUT2D eigenvalue weighted by molar-refractivity contribution is -0.143. The molecule has 0 radical (unpaired) electrons. The first-order chi connectivity index (χ1) is 18.2. The number of ether oxygens (including phenoxy) is 1. The molecule has 1 saturated carbocycles. The molecule has 1 aliphatic heterocycles. The van der Waals surface area contributed by atoms with E-state index >= 15 is 0 Å². The van der Waals surface area contributed by atoms with Crippen molar-refractivity contribution in [3.05, 3.63) is 65.2 Å². The Morgan fingerprint density at radius 1 is 0.947 bits per heavy atom. The van der Waals surface area contributed by atoms with Crippen LogP contribution >= 0.6 is 11.6 Å². The van der Waals surface area contributed by atoms with E-state index in [1.165, 1.54) is 6.26 Å². The van der Waals surface area contributed by atoms with Gasteiger partial charge in [-0.2, -0.15) is 4.99 Å². The Balaban J connectivity index is 1.36. The molecule has 2 heterocycles. The van der Waals surface area contributed by atoms with Gasteiger partial charge in [0.1, 0.15) is 6.10 Å². The number of nitrogens with zero attached hydrogens (tertiary/aromatic N) is 2. The summed E-state index contributed by atoms with van der Waals surface area (Å²) in [7, 11) is -3.24. The standard InChI is InChI=1S/C29H29ClN2O5S/c1-38(35,36)24-15-11-19(12-16-24)18-5-7-20(8-6-18)27-25(30)17-22-3-2-4-26(31-28(22)32-27)37-23-13-9-21(10-14-23)29(33)34/h5-8,11-12,15-17,21,23H,2-4,9-10,13-14H2,1H3,(H,33,34). The molecule has 0 amide bonds. The quantitative estimate of drug-likeness (QED) is 0.387. The van der Waals surface area contributed by atoms with Gasteiger partial charge in [-0.05, 0) is 73.4 Å². The normalized spacial score (nSPS) is 19.7. The van der Waals surface area contributed by atoms with Gasteiger partial charge < -0.3 is 9.84 Å². The fourth-order valence-electron chi connectivity index (χ4n) is 5.02. The summed E-state index contributed by atoms with van der Waals surface area (Å²) < 4.78 is 29.7. The summed E-state index contributed by atoms with van der Waals surface area (Å²) in [4.78, 5) is 21.1. The van der Waals surface area contributed by atoms with Crippen molar-refractivity contribution >= 4 is 39.1 Å². The van der Waals surface area contributed by atoms with Gasteiger partial charge >= 0.3 is 5.97 Å². The number of fused-ring (bicyclic) bond motifs is 1. The van der Waals surface area contributed by atoms with Crippen LogP contribution in [0.15, 0.2) is 64.5 Å². The van der Waals surface area contributed by atoms with Crippen molar-refractivity contribution in [2.24, 2.45) is 10.9 Å². The second kappa shape index (κ2) is 10.9. The van der Waals surface area contributed by atoms with Crippen LogP contribution in [-0.2, 0) is 25.8 Å². The van der Waals surface area contributed by atoms with E-state index in [0.717, 1.165) is 35.1 Å². The molecule has 1 aromatic heterocycles. The van der Waals surface area contributed by atoms with E-state index in [4.69, 9.17) is 26.3 Å². The van der Waals surface area contributed by atoms with Gasteiger partial charge in [-0.15, -0.1) is 0 Å². The van der Waals surface area contributed by atoms with Crippen molar-refractivity contribution in [3.63, 3.8) is 0 Å². The summed E-state index contributed by atoms with van der Waals surface area (Å²) in [5.41, 5.74) is 4.33.